The molecule has 17 heavy (non-hydrogen) atoms. The Morgan fingerprint density at radius 1 is 1.35 bits per heavy atom. The van der Waals surface area contributed by atoms with Crippen LogP contribution in [-0.4, -0.2) is 10.5 Å². The van der Waals surface area contributed by atoms with Crippen LogP contribution < -0.4 is 0 Å². The lowest BCUT2D eigenvalue weighted by Crippen LogP contribution is -2.29. The van der Waals surface area contributed by atoms with Crippen molar-refractivity contribution in [2.24, 2.45) is 5.41 Å². The van der Waals surface area contributed by atoms with Gasteiger partial charge in [0.2, 0.25) is 0 Å². The predicted octanol–water partition coefficient (Wildman–Crippen LogP) is 4.63. The second kappa shape index (κ2) is 5.50. The van der Waals surface area contributed by atoms with E-state index in [9.17, 15) is 4.39 Å². The lowest BCUT2D eigenvalue weighted by atomic mass is 9.62. The molecule has 0 bridgehead atoms. The molecule has 0 aliphatic heterocycles. The summed E-state index contributed by atoms with van der Waals surface area (Å²) >= 11 is 4.19. The number of benzene rings is 1. The van der Waals surface area contributed by atoms with Crippen molar-refractivity contribution in [3.8, 4) is 0 Å². The molecule has 1 N–H and O–H groups in total. The molecule has 0 spiro atoms. The lowest BCUT2D eigenvalue weighted by molar-refractivity contribution is 0.151. The molecule has 0 heterocycles. The highest BCUT2D eigenvalue weighted by Crippen LogP contribution is 2.50. The van der Waals surface area contributed by atoms with Crippen LogP contribution in [0.5, 0.6) is 0 Å². The third kappa shape index (κ3) is 4.73. The summed E-state index contributed by atoms with van der Waals surface area (Å²) in [5, 5.41) is 7.18. The van der Waals surface area contributed by atoms with E-state index < -0.39 is 5.43 Å². The van der Waals surface area contributed by atoms with Gasteiger partial charge in [-0.05, 0) is 41.9 Å². The first-order valence-corrected chi connectivity index (χ1v) is 5.82. The van der Waals surface area contributed by atoms with Gasteiger partial charge in [0, 0.05) is 11.6 Å². The van der Waals surface area contributed by atoms with Crippen LogP contribution >= 0.6 is 11.6 Å². The van der Waals surface area contributed by atoms with E-state index in [4.69, 9.17) is 9.90 Å². The summed E-state index contributed by atoms with van der Waals surface area (Å²) in [6.07, 6.45) is 2.47. The van der Waals surface area contributed by atoms with Gasteiger partial charge in [0.1, 0.15) is 5.82 Å². The van der Waals surface area contributed by atoms with Gasteiger partial charge in [-0.1, -0.05) is 26.0 Å². The summed E-state index contributed by atoms with van der Waals surface area (Å²) in [4.78, 5) is 8.77. The van der Waals surface area contributed by atoms with E-state index in [1.165, 1.54) is 18.4 Å². The van der Waals surface area contributed by atoms with Crippen molar-refractivity contribution in [1.29, 1.82) is 0 Å². The maximum Gasteiger partial charge on any atom is 0.401 e. The summed E-state index contributed by atoms with van der Waals surface area (Å²) in [6.45, 7) is 4.57. The Bertz CT molecular complexity index is 375. The van der Waals surface area contributed by atoms with Crippen molar-refractivity contribution in [3.05, 3.63) is 35.6 Å². The Balaban J connectivity index is 0.000000317. The number of carbonyl (C=O) groups is 1. The second-order valence-corrected chi connectivity index (χ2v) is 5.40. The number of halogens is 2. The van der Waals surface area contributed by atoms with E-state index >= 15 is 0 Å². The third-order valence-electron chi connectivity index (χ3n) is 2.94. The van der Waals surface area contributed by atoms with E-state index in [0.29, 0.717) is 11.3 Å². The van der Waals surface area contributed by atoms with Crippen LogP contribution in [0.2, 0.25) is 0 Å². The molecule has 1 saturated carbocycles. The van der Waals surface area contributed by atoms with Gasteiger partial charge < -0.3 is 5.11 Å². The van der Waals surface area contributed by atoms with Crippen molar-refractivity contribution in [2.45, 2.75) is 32.6 Å². The minimum absolute atomic E-state index is 0.137. The highest BCUT2D eigenvalue weighted by atomic mass is 35.5. The molecule has 1 fully saturated rings. The minimum atomic E-state index is -1.36. The quantitative estimate of drug-likeness (QED) is 0.746. The van der Waals surface area contributed by atoms with Gasteiger partial charge >= 0.3 is 5.43 Å². The molecular formula is C13H16ClFO2. The monoisotopic (exact) mass is 258 g/mol. The fraction of sp³-hybridized carbons (Fsp3) is 0.462. The molecule has 0 atom stereocenters. The largest absolute Gasteiger partial charge is 0.469 e. The van der Waals surface area contributed by atoms with Gasteiger partial charge in [0.15, 0.2) is 0 Å². The molecule has 0 unspecified atom stereocenters. The summed E-state index contributed by atoms with van der Waals surface area (Å²) in [5.74, 6) is 0.526. The zero-order valence-electron chi connectivity index (χ0n) is 9.91. The van der Waals surface area contributed by atoms with Crippen LogP contribution in [0.1, 0.15) is 38.2 Å². The average Bonchev–Trinajstić information content (AvgIpc) is 2.14. The maximum absolute atomic E-state index is 12.6. The van der Waals surface area contributed by atoms with Crippen molar-refractivity contribution in [3.63, 3.8) is 0 Å². The Morgan fingerprint density at radius 2 is 1.76 bits per heavy atom. The Morgan fingerprint density at radius 3 is 2.12 bits per heavy atom. The van der Waals surface area contributed by atoms with Gasteiger partial charge in [-0.25, -0.2) is 9.18 Å². The van der Waals surface area contributed by atoms with E-state index in [-0.39, 0.29) is 5.82 Å². The zero-order valence-corrected chi connectivity index (χ0v) is 10.7. The molecule has 0 amide bonds. The van der Waals surface area contributed by atoms with Crippen LogP contribution in [0.25, 0.3) is 0 Å². The van der Waals surface area contributed by atoms with Crippen molar-refractivity contribution >= 4 is 17.0 Å². The van der Waals surface area contributed by atoms with Crippen LogP contribution in [0.15, 0.2) is 24.3 Å². The molecule has 1 aromatic rings. The van der Waals surface area contributed by atoms with Gasteiger partial charge in [-0.15, -0.1) is 0 Å². The smallest absolute Gasteiger partial charge is 0.401 e. The van der Waals surface area contributed by atoms with E-state index in [2.05, 4.69) is 25.4 Å². The Kier molecular flexibility index (Phi) is 4.52. The molecule has 0 aromatic heterocycles. The van der Waals surface area contributed by atoms with Crippen LogP contribution in [0, 0.1) is 11.2 Å². The van der Waals surface area contributed by atoms with E-state index in [1.54, 1.807) is 12.1 Å². The highest BCUT2D eigenvalue weighted by Gasteiger charge is 2.36. The normalized spacial score (nSPS) is 17.6. The van der Waals surface area contributed by atoms with Crippen molar-refractivity contribution < 1.29 is 14.3 Å². The van der Waals surface area contributed by atoms with Crippen LogP contribution in [0.4, 0.5) is 9.18 Å². The molecule has 4 heteroatoms. The molecule has 0 radical (unpaired) electrons. The molecule has 0 saturated heterocycles. The fourth-order valence-corrected chi connectivity index (χ4v) is 2.24. The van der Waals surface area contributed by atoms with Gasteiger partial charge in [-0.3, -0.25) is 0 Å². The lowest BCUT2D eigenvalue weighted by Gasteiger charge is -2.43. The number of hydrogen-bond acceptors (Lipinski definition) is 1. The molecule has 1 aliphatic carbocycles. The first-order valence-electron chi connectivity index (χ1n) is 5.44. The zero-order chi connectivity index (χ0) is 13.1. The fourth-order valence-electron chi connectivity index (χ4n) is 2.24. The number of rotatable bonds is 1. The Labute approximate surface area is 105 Å². The predicted molar refractivity (Wildman–Crippen MR) is 66.0 cm³/mol. The van der Waals surface area contributed by atoms with Crippen molar-refractivity contribution in [2.75, 3.05) is 0 Å². The molecule has 94 valence electrons. The summed E-state index contributed by atoms with van der Waals surface area (Å²) < 4.78 is 12.6. The molecule has 1 aromatic carbocycles. The summed E-state index contributed by atoms with van der Waals surface area (Å²) in [5.41, 5.74) is 0.430. The van der Waals surface area contributed by atoms with E-state index in [1.807, 2.05) is 12.1 Å². The van der Waals surface area contributed by atoms with Gasteiger partial charge in [-0.2, -0.15) is 0 Å². The Hall–Kier alpha value is -1.09. The molecular weight excluding hydrogens is 243 g/mol. The molecule has 2 rings (SSSR count). The minimum Gasteiger partial charge on any atom is -0.469 e. The third-order valence-corrected chi connectivity index (χ3v) is 2.94. The van der Waals surface area contributed by atoms with Crippen LogP contribution in [0.3, 0.4) is 0 Å². The summed E-state index contributed by atoms with van der Waals surface area (Å²) in [7, 11) is 0. The summed E-state index contributed by atoms with van der Waals surface area (Å²) in [6, 6.07) is 6.94. The highest BCUT2D eigenvalue weighted by molar-refractivity contribution is 6.60. The van der Waals surface area contributed by atoms with Gasteiger partial charge in [0.25, 0.3) is 0 Å². The SMILES string of the molecule is CC1(C)CC(c2ccc(F)cc2)C1.O=C(O)Cl. The average molecular weight is 259 g/mol. The standard InChI is InChI=1S/C12H15F.CHClO2/c1-12(2)7-10(8-12)9-3-5-11(13)6-4-9;2-1(3)4/h3-6,10H,7-8H2,1-2H3;(H,3,4). The van der Waals surface area contributed by atoms with Crippen LogP contribution in [-0.2, 0) is 0 Å². The maximum atomic E-state index is 12.6. The number of carboxylic acid groups (broad SMARTS) is 1. The second-order valence-electron chi connectivity index (χ2n) is 5.07. The first kappa shape index (κ1) is 14.0. The molecule has 1 aliphatic rings. The van der Waals surface area contributed by atoms with Gasteiger partial charge in [0.05, 0.1) is 0 Å². The first-order chi connectivity index (χ1) is 7.80. The van der Waals surface area contributed by atoms with E-state index in [0.717, 1.165) is 0 Å². The number of hydrogen-bond donors (Lipinski definition) is 1. The molecule has 2 nitrogen and oxygen atoms in total. The topological polar surface area (TPSA) is 37.3 Å². The van der Waals surface area contributed by atoms with Crippen molar-refractivity contribution in [1.82, 2.24) is 0 Å².